The Bertz CT molecular complexity index is 953. The molecule has 1 aromatic carbocycles. The van der Waals surface area contributed by atoms with Gasteiger partial charge in [0.2, 0.25) is 15.9 Å². The molecule has 4 N–H and O–H groups in total. The average molecular weight is 467 g/mol. The predicted octanol–water partition coefficient (Wildman–Crippen LogP) is 2.21. The van der Waals surface area contributed by atoms with Crippen LogP contribution >= 0.6 is 11.6 Å². The fraction of sp³-hybridized carbons (Fsp3) is 0.682. The van der Waals surface area contributed by atoms with Crippen LogP contribution in [0.25, 0.3) is 0 Å². The standard InChI is InChI=1S/C22H31ClN4O3S/c23-17-3-5-18(6-4-17)31(29,30)26-22-11-15-8-16(12-22)10-21(9-15,14-22)25-13-20(28)27-7-1-2-19(27)24/h3-6,15-16,19,25-26H,1-2,7-14,24H2. The first kappa shape index (κ1) is 21.6. The van der Waals surface area contributed by atoms with E-state index < -0.39 is 15.6 Å². The molecule has 1 heterocycles. The lowest BCUT2D eigenvalue weighted by atomic mass is 9.50. The summed E-state index contributed by atoms with van der Waals surface area (Å²) in [7, 11) is -3.65. The number of hydrogen-bond donors (Lipinski definition) is 3. The summed E-state index contributed by atoms with van der Waals surface area (Å²) in [4.78, 5) is 14.7. The van der Waals surface area contributed by atoms with Gasteiger partial charge in [0.15, 0.2) is 0 Å². The zero-order valence-corrected chi connectivity index (χ0v) is 19.2. The van der Waals surface area contributed by atoms with E-state index in [2.05, 4.69) is 10.0 Å². The topological polar surface area (TPSA) is 105 Å². The lowest BCUT2D eigenvalue weighted by molar-refractivity contribution is -0.132. The molecule has 170 valence electrons. The smallest absolute Gasteiger partial charge is 0.241 e. The Morgan fingerprint density at radius 3 is 2.39 bits per heavy atom. The highest BCUT2D eigenvalue weighted by Gasteiger charge is 2.58. The number of nitrogens with two attached hydrogens (primary N) is 1. The first-order chi connectivity index (χ1) is 14.7. The van der Waals surface area contributed by atoms with Crippen molar-refractivity contribution in [1.82, 2.24) is 14.9 Å². The molecule has 6 rings (SSSR count). The van der Waals surface area contributed by atoms with Crippen LogP contribution in [0.15, 0.2) is 29.2 Å². The highest BCUT2D eigenvalue weighted by atomic mass is 35.5. The van der Waals surface area contributed by atoms with Crippen LogP contribution in [-0.4, -0.2) is 49.6 Å². The van der Waals surface area contributed by atoms with Gasteiger partial charge in [-0.3, -0.25) is 4.79 Å². The van der Waals surface area contributed by atoms with Gasteiger partial charge in [-0.2, -0.15) is 0 Å². The Balaban J connectivity index is 1.33. The van der Waals surface area contributed by atoms with Gasteiger partial charge in [0.1, 0.15) is 0 Å². The van der Waals surface area contributed by atoms with Crippen molar-refractivity contribution in [3.8, 4) is 0 Å². The number of halogens is 1. The third kappa shape index (κ3) is 4.13. The second kappa shape index (κ2) is 7.70. The Kier molecular flexibility index (Phi) is 5.37. The van der Waals surface area contributed by atoms with Gasteiger partial charge in [-0.25, -0.2) is 13.1 Å². The monoisotopic (exact) mass is 466 g/mol. The summed E-state index contributed by atoms with van der Waals surface area (Å²) in [5.74, 6) is 1.01. The number of likely N-dealkylation sites (tertiary alicyclic amines) is 1. The predicted molar refractivity (Wildman–Crippen MR) is 119 cm³/mol. The van der Waals surface area contributed by atoms with Crippen LogP contribution in [0.3, 0.4) is 0 Å². The van der Waals surface area contributed by atoms with Crippen LogP contribution in [0.5, 0.6) is 0 Å². The molecule has 9 heteroatoms. The molecule has 0 spiro atoms. The molecule has 1 saturated heterocycles. The van der Waals surface area contributed by atoms with Gasteiger partial charge >= 0.3 is 0 Å². The molecular formula is C22H31ClN4O3S. The van der Waals surface area contributed by atoms with Crippen LogP contribution in [0.2, 0.25) is 5.02 Å². The van der Waals surface area contributed by atoms with E-state index in [1.54, 1.807) is 29.2 Å². The second-order valence-electron chi connectivity index (χ2n) is 10.2. The van der Waals surface area contributed by atoms with Gasteiger partial charge in [-0.05, 0) is 87.5 Å². The second-order valence-corrected chi connectivity index (χ2v) is 12.4. The van der Waals surface area contributed by atoms with Gasteiger partial charge in [-0.1, -0.05) is 11.6 Å². The number of carbonyl (C=O) groups is 1. The summed E-state index contributed by atoms with van der Waals surface area (Å²) in [6.45, 7) is 0.998. The van der Waals surface area contributed by atoms with Crippen molar-refractivity contribution < 1.29 is 13.2 Å². The molecule has 5 fully saturated rings. The highest BCUT2D eigenvalue weighted by Crippen LogP contribution is 2.57. The molecule has 3 atom stereocenters. The molecule has 5 aliphatic rings. The fourth-order valence-electron chi connectivity index (χ4n) is 7.01. The third-order valence-corrected chi connectivity index (χ3v) is 9.62. The molecule has 31 heavy (non-hydrogen) atoms. The van der Waals surface area contributed by atoms with Crippen molar-refractivity contribution in [3.05, 3.63) is 29.3 Å². The van der Waals surface area contributed by atoms with E-state index in [1.807, 2.05) is 0 Å². The molecule has 1 amide bonds. The van der Waals surface area contributed by atoms with Gasteiger partial charge in [0.25, 0.3) is 0 Å². The maximum absolute atomic E-state index is 13.2. The van der Waals surface area contributed by atoms with Crippen molar-refractivity contribution in [2.24, 2.45) is 17.6 Å². The fourth-order valence-corrected chi connectivity index (χ4v) is 8.56. The minimum atomic E-state index is -3.65. The largest absolute Gasteiger partial charge is 0.326 e. The summed E-state index contributed by atoms with van der Waals surface area (Å²) in [5, 5.41) is 4.10. The van der Waals surface area contributed by atoms with E-state index in [0.717, 1.165) is 57.9 Å². The number of amides is 1. The summed E-state index contributed by atoms with van der Waals surface area (Å²) in [5.41, 5.74) is 5.42. The van der Waals surface area contributed by atoms with Gasteiger partial charge < -0.3 is 16.0 Å². The summed E-state index contributed by atoms with van der Waals surface area (Å²) in [6.07, 6.45) is 7.26. The molecule has 4 saturated carbocycles. The number of hydrogen-bond acceptors (Lipinski definition) is 5. The first-order valence-electron chi connectivity index (χ1n) is 11.3. The van der Waals surface area contributed by atoms with E-state index in [0.29, 0.717) is 16.9 Å². The molecule has 0 radical (unpaired) electrons. The average Bonchev–Trinajstić information content (AvgIpc) is 3.10. The molecule has 3 unspecified atom stereocenters. The molecule has 0 aromatic heterocycles. The Hall–Kier alpha value is -1.19. The van der Waals surface area contributed by atoms with Gasteiger partial charge in [-0.15, -0.1) is 0 Å². The van der Waals surface area contributed by atoms with Crippen LogP contribution < -0.4 is 15.8 Å². The zero-order chi connectivity index (χ0) is 21.9. The number of carbonyl (C=O) groups excluding carboxylic acids is 1. The summed E-state index contributed by atoms with van der Waals surface area (Å²) >= 11 is 5.93. The van der Waals surface area contributed by atoms with E-state index in [9.17, 15) is 13.2 Å². The molecule has 1 aliphatic heterocycles. The maximum Gasteiger partial charge on any atom is 0.241 e. The van der Waals surface area contributed by atoms with Crippen LogP contribution in [0.1, 0.15) is 51.4 Å². The van der Waals surface area contributed by atoms with Crippen molar-refractivity contribution >= 4 is 27.5 Å². The van der Waals surface area contributed by atoms with Crippen molar-refractivity contribution in [3.63, 3.8) is 0 Å². The SMILES string of the molecule is NC1CCCN1C(=O)CNC12CC3CC(C1)CC(NS(=O)(=O)c1ccc(Cl)cc1)(C3)C2. The van der Waals surface area contributed by atoms with Crippen molar-refractivity contribution in [1.29, 1.82) is 0 Å². The number of nitrogens with zero attached hydrogens (tertiary/aromatic N) is 1. The third-order valence-electron chi connectivity index (χ3n) is 7.77. The Morgan fingerprint density at radius 1 is 1.13 bits per heavy atom. The number of rotatable bonds is 6. The maximum atomic E-state index is 13.2. The quantitative estimate of drug-likeness (QED) is 0.596. The molecule has 7 nitrogen and oxygen atoms in total. The van der Waals surface area contributed by atoms with Gasteiger partial charge in [0.05, 0.1) is 17.6 Å². The number of nitrogens with one attached hydrogen (secondary N) is 2. The van der Waals surface area contributed by atoms with E-state index in [1.165, 1.54) is 0 Å². The molecule has 1 aromatic rings. The summed E-state index contributed by atoms with van der Waals surface area (Å²) < 4.78 is 29.4. The van der Waals surface area contributed by atoms with Crippen LogP contribution in [0.4, 0.5) is 0 Å². The van der Waals surface area contributed by atoms with E-state index in [4.69, 9.17) is 17.3 Å². The minimum Gasteiger partial charge on any atom is -0.326 e. The van der Waals surface area contributed by atoms with E-state index >= 15 is 0 Å². The van der Waals surface area contributed by atoms with Crippen molar-refractivity contribution in [2.45, 2.75) is 73.5 Å². The van der Waals surface area contributed by atoms with Crippen LogP contribution in [-0.2, 0) is 14.8 Å². The zero-order valence-electron chi connectivity index (χ0n) is 17.6. The highest BCUT2D eigenvalue weighted by molar-refractivity contribution is 7.89. The first-order valence-corrected chi connectivity index (χ1v) is 13.1. The Morgan fingerprint density at radius 2 is 1.77 bits per heavy atom. The molecular weight excluding hydrogens is 436 g/mol. The Labute approximate surface area is 189 Å². The normalized spacial score (nSPS) is 36.8. The number of sulfonamides is 1. The minimum absolute atomic E-state index is 0.0524. The summed E-state index contributed by atoms with van der Waals surface area (Å²) in [6, 6.07) is 6.31. The lowest BCUT2D eigenvalue weighted by Gasteiger charge is -2.62. The van der Waals surface area contributed by atoms with Crippen molar-refractivity contribution in [2.75, 3.05) is 13.1 Å². The molecule has 4 aliphatic carbocycles. The number of benzene rings is 1. The van der Waals surface area contributed by atoms with Gasteiger partial charge in [0, 0.05) is 22.6 Å². The molecule has 4 bridgehead atoms. The van der Waals surface area contributed by atoms with E-state index in [-0.39, 0.29) is 29.1 Å². The lowest BCUT2D eigenvalue weighted by Crippen LogP contribution is -2.69. The van der Waals surface area contributed by atoms with Crippen LogP contribution in [0, 0.1) is 11.8 Å².